The van der Waals surface area contributed by atoms with Gasteiger partial charge in [0.1, 0.15) is 5.75 Å². The van der Waals surface area contributed by atoms with Gasteiger partial charge in [0.15, 0.2) is 6.61 Å². The van der Waals surface area contributed by atoms with Gasteiger partial charge in [-0.3, -0.25) is 4.79 Å². The summed E-state index contributed by atoms with van der Waals surface area (Å²) in [6, 6.07) is 13.9. The Hall–Kier alpha value is -2.82. The number of amides is 1. The molecule has 0 radical (unpaired) electrons. The number of carboxylic acids is 1. The van der Waals surface area contributed by atoms with Gasteiger partial charge < -0.3 is 15.2 Å². The Morgan fingerprint density at radius 1 is 1.14 bits per heavy atom. The van der Waals surface area contributed by atoms with Crippen molar-refractivity contribution >= 4 is 17.6 Å². The van der Waals surface area contributed by atoms with Crippen LogP contribution in [-0.4, -0.2) is 23.6 Å². The number of carboxylic acid groups (broad SMARTS) is 1. The van der Waals surface area contributed by atoms with Crippen LogP contribution in [0.4, 0.5) is 5.69 Å². The highest BCUT2D eigenvalue weighted by Crippen LogP contribution is 2.24. The normalized spacial score (nSPS) is 9.95. The van der Waals surface area contributed by atoms with E-state index in [4.69, 9.17) is 9.84 Å². The number of aliphatic carboxylic acids is 1. The number of para-hydroxylation sites is 2. The minimum atomic E-state index is -1.07. The number of hydrogen-bond donors (Lipinski definition) is 2. The zero-order chi connectivity index (χ0) is 15.2. The predicted molar refractivity (Wildman–Crippen MR) is 78.7 cm³/mol. The standard InChI is InChI=1S/C16H15NO4/c1-11-5-4-6-12(9-11)16(20)17-13-7-2-3-8-14(13)21-10-15(18)19/h2-9H,10H2,1H3,(H,17,20)(H,18,19). The molecular weight excluding hydrogens is 270 g/mol. The van der Waals surface area contributed by atoms with Gasteiger partial charge in [-0.05, 0) is 31.2 Å². The van der Waals surface area contributed by atoms with E-state index in [2.05, 4.69) is 5.32 Å². The summed E-state index contributed by atoms with van der Waals surface area (Å²) in [7, 11) is 0. The molecule has 0 heterocycles. The molecule has 0 bridgehead atoms. The molecule has 0 atom stereocenters. The summed E-state index contributed by atoms with van der Waals surface area (Å²) in [5.74, 6) is -1.03. The Morgan fingerprint density at radius 3 is 2.62 bits per heavy atom. The molecule has 1 amide bonds. The maximum atomic E-state index is 12.2. The molecule has 2 rings (SSSR count). The largest absolute Gasteiger partial charge is 0.480 e. The summed E-state index contributed by atoms with van der Waals surface area (Å²) >= 11 is 0. The van der Waals surface area contributed by atoms with Gasteiger partial charge in [-0.25, -0.2) is 4.79 Å². The smallest absolute Gasteiger partial charge is 0.341 e. The molecule has 0 spiro atoms. The number of nitrogens with one attached hydrogen (secondary N) is 1. The van der Waals surface area contributed by atoms with Crippen LogP contribution in [0.25, 0.3) is 0 Å². The van der Waals surface area contributed by atoms with Crippen molar-refractivity contribution in [2.45, 2.75) is 6.92 Å². The van der Waals surface area contributed by atoms with Crippen molar-refractivity contribution in [1.82, 2.24) is 0 Å². The minimum Gasteiger partial charge on any atom is -0.480 e. The van der Waals surface area contributed by atoms with E-state index in [1.807, 2.05) is 13.0 Å². The lowest BCUT2D eigenvalue weighted by atomic mass is 10.1. The minimum absolute atomic E-state index is 0.273. The highest BCUT2D eigenvalue weighted by Gasteiger charge is 2.10. The molecule has 0 aliphatic rings. The second kappa shape index (κ2) is 6.56. The molecule has 0 saturated carbocycles. The molecule has 108 valence electrons. The Bertz CT molecular complexity index is 667. The van der Waals surface area contributed by atoms with Crippen molar-refractivity contribution in [3.8, 4) is 5.75 Å². The van der Waals surface area contributed by atoms with Crippen molar-refractivity contribution in [2.24, 2.45) is 0 Å². The number of aryl methyl sites for hydroxylation is 1. The number of rotatable bonds is 5. The Labute approximate surface area is 122 Å². The number of anilines is 1. The van der Waals surface area contributed by atoms with E-state index < -0.39 is 12.6 Å². The lowest BCUT2D eigenvalue weighted by Crippen LogP contribution is -2.15. The van der Waals surface area contributed by atoms with Crippen LogP contribution in [0.15, 0.2) is 48.5 Å². The third-order valence-corrected chi connectivity index (χ3v) is 2.77. The van der Waals surface area contributed by atoms with Crippen LogP contribution in [0.5, 0.6) is 5.75 Å². The van der Waals surface area contributed by atoms with E-state index in [0.29, 0.717) is 17.0 Å². The molecule has 2 aromatic carbocycles. The lowest BCUT2D eigenvalue weighted by Gasteiger charge is -2.11. The fourth-order valence-corrected chi connectivity index (χ4v) is 1.82. The maximum absolute atomic E-state index is 12.2. The lowest BCUT2D eigenvalue weighted by molar-refractivity contribution is -0.139. The van der Waals surface area contributed by atoms with Gasteiger partial charge in [-0.15, -0.1) is 0 Å². The van der Waals surface area contributed by atoms with Crippen LogP contribution in [-0.2, 0) is 4.79 Å². The van der Waals surface area contributed by atoms with E-state index in [1.165, 1.54) is 0 Å². The first-order valence-corrected chi connectivity index (χ1v) is 6.38. The first-order valence-electron chi connectivity index (χ1n) is 6.38. The van der Waals surface area contributed by atoms with Gasteiger partial charge in [-0.2, -0.15) is 0 Å². The molecule has 0 unspecified atom stereocenters. The van der Waals surface area contributed by atoms with Crippen LogP contribution in [0.3, 0.4) is 0 Å². The first-order chi connectivity index (χ1) is 10.1. The summed E-state index contributed by atoms with van der Waals surface area (Å²) in [5.41, 5.74) is 1.95. The molecule has 2 N–H and O–H groups in total. The Kier molecular flexibility index (Phi) is 4.56. The molecule has 0 aromatic heterocycles. The number of benzene rings is 2. The van der Waals surface area contributed by atoms with E-state index in [9.17, 15) is 9.59 Å². The van der Waals surface area contributed by atoms with Crippen molar-refractivity contribution in [3.05, 3.63) is 59.7 Å². The topological polar surface area (TPSA) is 75.6 Å². The predicted octanol–water partition coefficient (Wildman–Crippen LogP) is 2.71. The third-order valence-electron chi connectivity index (χ3n) is 2.77. The Balaban J connectivity index is 2.15. The van der Waals surface area contributed by atoms with E-state index in [1.54, 1.807) is 42.5 Å². The van der Waals surface area contributed by atoms with Gasteiger partial charge in [-0.1, -0.05) is 29.8 Å². The van der Waals surface area contributed by atoms with Gasteiger partial charge in [0.05, 0.1) is 5.69 Å². The average molecular weight is 285 g/mol. The molecule has 5 heteroatoms. The highest BCUT2D eigenvalue weighted by atomic mass is 16.5. The molecule has 2 aromatic rings. The number of hydrogen-bond acceptors (Lipinski definition) is 3. The molecule has 0 saturated heterocycles. The van der Waals surface area contributed by atoms with Gasteiger partial charge in [0.25, 0.3) is 5.91 Å². The van der Waals surface area contributed by atoms with Crippen LogP contribution < -0.4 is 10.1 Å². The highest BCUT2D eigenvalue weighted by molar-refractivity contribution is 6.05. The quantitative estimate of drug-likeness (QED) is 0.885. The molecular formula is C16H15NO4. The molecule has 0 fully saturated rings. The van der Waals surface area contributed by atoms with Crippen LogP contribution in [0.1, 0.15) is 15.9 Å². The second-order valence-electron chi connectivity index (χ2n) is 4.50. The SMILES string of the molecule is Cc1cccc(C(=O)Nc2ccccc2OCC(=O)O)c1. The van der Waals surface area contributed by atoms with E-state index >= 15 is 0 Å². The zero-order valence-electron chi connectivity index (χ0n) is 11.5. The monoisotopic (exact) mass is 285 g/mol. The van der Waals surface area contributed by atoms with Crippen molar-refractivity contribution in [1.29, 1.82) is 0 Å². The Morgan fingerprint density at radius 2 is 1.90 bits per heavy atom. The molecule has 5 nitrogen and oxygen atoms in total. The fourth-order valence-electron chi connectivity index (χ4n) is 1.82. The van der Waals surface area contributed by atoms with E-state index in [0.717, 1.165) is 5.56 Å². The molecule has 0 aliphatic carbocycles. The fraction of sp³-hybridized carbons (Fsp3) is 0.125. The van der Waals surface area contributed by atoms with Gasteiger partial charge in [0.2, 0.25) is 0 Å². The third kappa shape index (κ3) is 4.07. The summed E-state index contributed by atoms with van der Waals surface area (Å²) < 4.78 is 5.14. The summed E-state index contributed by atoms with van der Waals surface area (Å²) in [6.07, 6.45) is 0. The van der Waals surface area contributed by atoms with Gasteiger partial charge in [0, 0.05) is 5.56 Å². The first kappa shape index (κ1) is 14.6. The summed E-state index contributed by atoms with van der Waals surface area (Å²) in [4.78, 5) is 22.7. The summed E-state index contributed by atoms with van der Waals surface area (Å²) in [5, 5.41) is 11.4. The van der Waals surface area contributed by atoms with E-state index in [-0.39, 0.29) is 5.91 Å². The molecule has 21 heavy (non-hydrogen) atoms. The maximum Gasteiger partial charge on any atom is 0.341 e. The van der Waals surface area contributed by atoms with Crippen molar-refractivity contribution in [2.75, 3.05) is 11.9 Å². The second-order valence-corrected chi connectivity index (χ2v) is 4.50. The number of ether oxygens (including phenoxy) is 1. The van der Waals surface area contributed by atoms with Crippen LogP contribution >= 0.6 is 0 Å². The number of carbonyl (C=O) groups is 2. The van der Waals surface area contributed by atoms with Crippen molar-refractivity contribution in [3.63, 3.8) is 0 Å². The summed E-state index contributed by atoms with van der Waals surface area (Å²) in [6.45, 7) is 1.44. The van der Waals surface area contributed by atoms with Gasteiger partial charge >= 0.3 is 5.97 Å². The van der Waals surface area contributed by atoms with Crippen LogP contribution in [0, 0.1) is 6.92 Å². The molecule has 0 aliphatic heterocycles. The average Bonchev–Trinajstić information content (AvgIpc) is 2.46. The number of carbonyl (C=O) groups excluding carboxylic acids is 1. The van der Waals surface area contributed by atoms with Crippen LogP contribution in [0.2, 0.25) is 0 Å². The zero-order valence-corrected chi connectivity index (χ0v) is 11.5. The van der Waals surface area contributed by atoms with Crippen molar-refractivity contribution < 1.29 is 19.4 Å².